The second-order valence-electron chi connectivity index (χ2n) is 8.31. The van der Waals surface area contributed by atoms with Crippen LogP contribution in [0.2, 0.25) is 0 Å². The molecule has 8 nitrogen and oxygen atoms in total. The van der Waals surface area contributed by atoms with Gasteiger partial charge in [-0.15, -0.1) is 11.3 Å². The summed E-state index contributed by atoms with van der Waals surface area (Å²) in [7, 11) is 3.60. The standard InChI is InChI=1S/C27H24N6O2S/c1-15(2)26(34)32-18-9-5-16(6-10-18)23-21(22-24(28)30-14-31-25(22)33(23)3)20-13-29-27(36-20)17-7-11-19(35-4)12-8-17/h5-14H,1H2,2-4H3,(H,32,34)(H2,28,30,31). The molecule has 0 aliphatic heterocycles. The van der Waals surface area contributed by atoms with Crippen molar-refractivity contribution in [3.8, 4) is 38.0 Å². The van der Waals surface area contributed by atoms with Crippen molar-refractivity contribution in [2.24, 2.45) is 7.05 Å². The highest BCUT2D eigenvalue weighted by atomic mass is 32.1. The molecule has 180 valence electrons. The van der Waals surface area contributed by atoms with Gasteiger partial charge in [0.05, 0.1) is 23.1 Å². The molecule has 0 atom stereocenters. The average molecular weight is 497 g/mol. The minimum absolute atomic E-state index is 0.216. The Kier molecular flexibility index (Phi) is 5.99. The normalized spacial score (nSPS) is 11.0. The number of aromatic nitrogens is 4. The molecule has 0 unspecified atom stereocenters. The number of hydrogen-bond acceptors (Lipinski definition) is 7. The molecule has 5 aromatic rings. The van der Waals surface area contributed by atoms with E-state index in [9.17, 15) is 4.79 Å². The van der Waals surface area contributed by atoms with Gasteiger partial charge in [0.2, 0.25) is 0 Å². The Morgan fingerprint density at radius 3 is 2.42 bits per heavy atom. The van der Waals surface area contributed by atoms with E-state index >= 15 is 0 Å². The van der Waals surface area contributed by atoms with Crippen LogP contribution in [0.5, 0.6) is 5.75 Å². The maximum atomic E-state index is 12.0. The fourth-order valence-corrected chi connectivity index (χ4v) is 5.03. The van der Waals surface area contributed by atoms with Crippen LogP contribution in [-0.4, -0.2) is 32.5 Å². The molecule has 2 aromatic carbocycles. The predicted molar refractivity (Wildman–Crippen MR) is 145 cm³/mol. The quantitative estimate of drug-likeness (QED) is 0.299. The van der Waals surface area contributed by atoms with Gasteiger partial charge in [0.1, 0.15) is 28.5 Å². The number of fused-ring (bicyclic) bond motifs is 1. The van der Waals surface area contributed by atoms with Crippen LogP contribution >= 0.6 is 11.3 Å². The van der Waals surface area contributed by atoms with Crippen LogP contribution in [0.1, 0.15) is 6.92 Å². The molecule has 0 saturated heterocycles. The second kappa shape index (κ2) is 9.27. The van der Waals surface area contributed by atoms with E-state index in [1.54, 1.807) is 25.4 Å². The topological polar surface area (TPSA) is 108 Å². The van der Waals surface area contributed by atoms with Crippen molar-refractivity contribution in [1.82, 2.24) is 19.5 Å². The lowest BCUT2D eigenvalue weighted by molar-refractivity contribution is -0.112. The molecule has 0 radical (unpaired) electrons. The van der Waals surface area contributed by atoms with E-state index in [2.05, 4.69) is 21.9 Å². The van der Waals surface area contributed by atoms with Gasteiger partial charge in [-0.2, -0.15) is 0 Å². The van der Waals surface area contributed by atoms with E-state index in [0.29, 0.717) is 17.1 Å². The van der Waals surface area contributed by atoms with Gasteiger partial charge in [0.15, 0.2) is 0 Å². The number of nitrogens with one attached hydrogen (secondary N) is 1. The summed E-state index contributed by atoms with van der Waals surface area (Å²) in [4.78, 5) is 26.4. The monoisotopic (exact) mass is 496 g/mol. The molecule has 5 rings (SSSR count). The van der Waals surface area contributed by atoms with Crippen molar-refractivity contribution in [1.29, 1.82) is 0 Å². The molecule has 3 aromatic heterocycles. The maximum absolute atomic E-state index is 12.0. The number of nitrogen functional groups attached to an aromatic ring is 1. The lowest BCUT2D eigenvalue weighted by Crippen LogP contribution is -2.11. The molecular weight excluding hydrogens is 472 g/mol. The number of anilines is 2. The average Bonchev–Trinajstić information content (AvgIpc) is 3.48. The Labute approximate surface area is 212 Å². The van der Waals surface area contributed by atoms with E-state index in [1.807, 2.05) is 66.3 Å². The summed E-state index contributed by atoms with van der Waals surface area (Å²) in [6.45, 7) is 5.36. The van der Waals surface area contributed by atoms with Gasteiger partial charge in [0, 0.05) is 35.6 Å². The molecule has 1 amide bonds. The lowest BCUT2D eigenvalue weighted by atomic mass is 10.0. The number of methoxy groups -OCH3 is 1. The summed E-state index contributed by atoms with van der Waals surface area (Å²) in [5.41, 5.74) is 12.0. The first-order valence-corrected chi connectivity index (χ1v) is 12.0. The van der Waals surface area contributed by atoms with Crippen molar-refractivity contribution in [3.63, 3.8) is 0 Å². The molecule has 0 saturated carbocycles. The molecule has 0 spiro atoms. The number of aryl methyl sites for hydroxylation is 1. The van der Waals surface area contributed by atoms with Crippen LogP contribution in [0.15, 0.2) is 73.2 Å². The number of benzene rings is 2. The van der Waals surface area contributed by atoms with Crippen molar-refractivity contribution < 1.29 is 9.53 Å². The van der Waals surface area contributed by atoms with Gasteiger partial charge in [-0.25, -0.2) is 15.0 Å². The second-order valence-corrected chi connectivity index (χ2v) is 9.34. The van der Waals surface area contributed by atoms with Gasteiger partial charge in [0.25, 0.3) is 5.91 Å². The number of ether oxygens (including phenoxy) is 1. The summed E-state index contributed by atoms with van der Waals surface area (Å²) in [5.74, 6) is 0.980. The van der Waals surface area contributed by atoms with E-state index in [4.69, 9.17) is 15.5 Å². The highest BCUT2D eigenvalue weighted by Gasteiger charge is 2.23. The van der Waals surface area contributed by atoms with Crippen molar-refractivity contribution in [2.75, 3.05) is 18.2 Å². The van der Waals surface area contributed by atoms with E-state index < -0.39 is 0 Å². The fourth-order valence-electron chi connectivity index (χ4n) is 4.06. The number of rotatable bonds is 6. The summed E-state index contributed by atoms with van der Waals surface area (Å²) in [5, 5.41) is 4.50. The SMILES string of the molecule is C=C(C)C(=O)Nc1ccc(-c2c(-c3cnc(-c4ccc(OC)cc4)s3)c3c(N)ncnc3n2C)cc1. The van der Waals surface area contributed by atoms with E-state index in [0.717, 1.165) is 49.1 Å². The number of thiazole rings is 1. The Morgan fingerprint density at radius 1 is 1.06 bits per heavy atom. The third-order valence-electron chi connectivity index (χ3n) is 5.89. The zero-order valence-corrected chi connectivity index (χ0v) is 20.9. The third-order valence-corrected chi connectivity index (χ3v) is 6.95. The molecule has 0 bridgehead atoms. The highest BCUT2D eigenvalue weighted by molar-refractivity contribution is 7.18. The highest BCUT2D eigenvalue weighted by Crippen LogP contribution is 2.44. The molecule has 3 N–H and O–H groups in total. The summed E-state index contributed by atoms with van der Waals surface area (Å²) < 4.78 is 7.29. The zero-order chi connectivity index (χ0) is 25.4. The number of hydrogen-bond donors (Lipinski definition) is 2. The molecular formula is C27H24N6O2S. The molecule has 9 heteroatoms. The van der Waals surface area contributed by atoms with Crippen molar-refractivity contribution in [2.45, 2.75) is 6.92 Å². The fraction of sp³-hybridized carbons (Fsp3) is 0.111. The Morgan fingerprint density at radius 2 is 1.75 bits per heavy atom. The Balaban J connectivity index is 1.63. The van der Waals surface area contributed by atoms with Gasteiger partial charge in [-0.1, -0.05) is 18.7 Å². The molecule has 36 heavy (non-hydrogen) atoms. The largest absolute Gasteiger partial charge is 0.497 e. The first kappa shape index (κ1) is 23.3. The maximum Gasteiger partial charge on any atom is 0.250 e. The number of nitrogens with zero attached hydrogens (tertiary/aromatic N) is 4. The number of nitrogens with two attached hydrogens (primary N) is 1. The lowest BCUT2D eigenvalue weighted by Gasteiger charge is -2.09. The van der Waals surface area contributed by atoms with Crippen LogP contribution < -0.4 is 15.8 Å². The summed E-state index contributed by atoms with van der Waals surface area (Å²) >= 11 is 1.57. The minimum Gasteiger partial charge on any atom is -0.497 e. The van der Waals surface area contributed by atoms with Crippen LogP contribution in [0.4, 0.5) is 11.5 Å². The van der Waals surface area contributed by atoms with Crippen molar-refractivity contribution >= 4 is 39.8 Å². The molecule has 0 aliphatic rings. The van der Waals surface area contributed by atoms with Crippen LogP contribution in [0, 0.1) is 0 Å². The Hall–Kier alpha value is -4.50. The van der Waals surface area contributed by atoms with Gasteiger partial charge in [-0.3, -0.25) is 4.79 Å². The molecule has 0 fully saturated rings. The third kappa shape index (κ3) is 4.09. The summed E-state index contributed by atoms with van der Waals surface area (Å²) in [6, 6.07) is 15.5. The predicted octanol–water partition coefficient (Wildman–Crippen LogP) is 5.53. The smallest absolute Gasteiger partial charge is 0.250 e. The van der Waals surface area contributed by atoms with Crippen LogP contribution in [0.3, 0.4) is 0 Å². The number of carbonyl (C=O) groups excluding carboxylic acids is 1. The number of amides is 1. The van der Waals surface area contributed by atoms with Crippen LogP contribution in [0.25, 0.3) is 43.3 Å². The first-order valence-electron chi connectivity index (χ1n) is 11.1. The zero-order valence-electron chi connectivity index (χ0n) is 20.1. The van der Waals surface area contributed by atoms with Gasteiger partial charge < -0.3 is 20.4 Å². The molecule has 3 heterocycles. The molecule has 0 aliphatic carbocycles. The number of carbonyl (C=O) groups is 1. The van der Waals surface area contributed by atoms with E-state index in [-0.39, 0.29) is 5.91 Å². The van der Waals surface area contributed by atoms with E-state index in [1.165, 1.54) is 6.33 Å². The minimum atomic E-state index is -0.216. The Bertz CT molecular complexity index is 1600. The van der Waals surface area contributed by atoms with Crippen LogP contribution in [-0.2, 0) is 11.8 Å². The van der Waals surface area contributed by atoms with Crippen molar-refractivity contribution in [3.05, 3.63) is 73.2 Å². The van der Waals surface area contributed by atoms with Gasteiger partial charge in [-0.05, 0) is 48.9 Å². The van der Waals surface area contributed by atoms with Gasteiger partial charge >= 0.3 is 0 Å². The summed E-state index contributed by atoms with van der Waals surface area (Å²) in [6.07, 6.45) is 3.33. The first-order chi connectivity index (χ1) is 17.4.